The summed E-state index contributed by atoms with van der Waals surface area (Å²) in [6, 6.07) is 3.47. The summed E-state index contributed by atoms with van der Waals surface area (Å²) in [5, 5.41) is 0.372. The van der Waals surface area contributed by atoms with E-state index in [1.54, 1.807) is 18.3 Å². The molecule has 1 aliphatic heterocycles. The highest BCUT2D eigenvalue weighted by Gasteiger charge is 2.41. The second-order valence-electron chi connectivity index (χ2n) is 4.60. The Labute approximate surface area is 109 Å². The number of alkyl halides is 3. The van der Waals surface area contributed by atoms with Gasteiger partial charge in [0.15, 0.2) is 0 Å². The Bertz CT molecular complexity index is 409. The molecule has 18 heavy (non-hydrogen) atoms. The predicted molar refractivity (Wildman–Crippen MR) is 63.3 cm³/mol. The van der Waals surface area contributed by atoms with Gasteiger partial charge in [-0.25, -0.2) is 4.98 Å². The third kappa shape index (κ3) is 3.59. The van der Waals surface area contributed by atoms with Crippen molar-refractivity contribution in [3.63, 3.8) is 0 Å². The van der Waals surface area contributed by atoms with Gasteiger partial charge in [0.2, 0.25) is 0 Å². The molecular weight excluding hydrogens is 265 g/mol. The topological polar surface area (TPSA) is 16.1 Å². The average molecular weight is 279 g/mol. The lowest BCUT2D eigenvalue weighted by molar-refractivity contribution is -0.187. The van der Waals surface area contributed by atoms with Crippen LogP contribution in [0.1, 0.15) is 18.4 Å². The molecule has 0 spiro atoms. The minimum Gasteiger partial charge on any atom is -0.298 e. The summed E-state index contributed by atoms with van der Waals surface area (Å²) >= 11 is 5.75. The minimum absolute atomic E-state index is 0.0729. The van der Waals surface area contributed by atoms with Gasteiger partial charge in [-0.15, -0.1) is 0 Å². The van der Waals surface area contributed by atoms with E-state index in [0.717, 1.165) is 5.56 Å². The standard InChI is InChI=1S/C12H14ClF3N2/c13-11-6-9(3-4-17-11)7-18-5-1-2-10(8-18)12(14,15)16/h3-4,6,10H,1-2,5,7-8H2. The van der Waals surface area contributed by atoms with Crippen LogP contribution >= 0.6 is 11.6 Å². The van der Waals surface area contributed by atoms with Gasteiger partial charge in [-0.1, -0.05) is 11.6 Å². The van der Waals surface area contributed by atoms with E-state index in [-0.39, 0.29) is 13.0 Å². The molecule has 1 aromatic heterocycles. The van der Waals surface area contributed by atoms with Gasteiger partial charge in [-0.3, -0.25) is 4.90 Å². The van der Waals surface area contributed by atoms with E-state index >= 15 is 0 Å². The Morgan fingerprint density at radius 2 is 2.22 bits per heavy atom. The summed E-state index contributed by atoms with van der Waals surface area (Å²) < 4.78 is 38.0. The highest BCUT2D eigenvalue weighted by atomic mass is 35.5. The summed E-state index contributed by atoms with van der Waals surface area (Å²) in [6.45, 7) is 1.27. The first-order chi connectivity index (χ1) is 8.45. The Kier molecular flexibility index (Phi) is 4.12. The molecule has 1 saturated heterocycles. The molecule has 1 atom stereocenters. The largest absolute Gasteiger partial charge is 0.393 e. The van der Waals surface area contributed by atoms with Gasteiger partial charge >= 0.3 is 6.18 Å². The number of likely N-dealkylation sites (tertiary alicyclic amines) is 1. The zero-order chi connectivity index (χ0) is 13.2. The SMILES string of the molecule is FC(F)(F)C1CCCN(Cc2ccnc(Cl)c2)C1. The zero-order valence-corrected chi connectivity index (χ0v) is 10.5. The van der Waals surface area contributed by atoms with Gasteiger partial charge in [-0.2, -0.15) is 13.2 Å². The first-order valence-corrected chi connectivity index (χ1v) is 6.22. The van der Waals surface area contributed by atoms with Crippen molar-refractivity contribution in [1.82, 2.24) is 9.88 Å². The van der Waals surface area contributed by atoms with Gasteiger partial charge in [0.05, 0.1) is 5.92 Å². The molecule has 0 N–H and O–H groups in total. The third-order valence-electron chi connectivity index (χ3n) is 3.17. The number of rotatable bonds is 2. The maximum atomic E-state index is 12.7. The maximum absolute atomic E-state index is 12.7. The zero-order valence-electron chi connectivity index (χ0n) is 9.75. The summed E-state index contributed by atoms with van der Waals surface area (Å²) in [4.78, 5) is 5.68. The highest BCUT2D eigenvalue weighted by Crippen LogP contribution is 2.33. The lowest BCUT2D eigenvalue weighted by Gasteiger charge is -2.33. The Hall–Kier alpha value is -0.810. The van der Waals surface area contributed by atoms with E-state index in [0.29, 0.717) is 24.7 Å². The number of aromatic nitrogens is 1. The molecule has 0 saturated carbocycles. The van der Waals surface area contributed by atoms with Gasteiger partial charge in [0.1, 0.15) is 5.15 Å². The molecule has 2 rings (SSSR count). The third-order valence-corrected chi connectivity index (χ3v) is 3.37. The van der Waals surface area contributed by atoms with E-state index in [9.17, 15) is 13.2 Å². The van der Waals surface area contributed by atoms with E-state index in [1.165, 1.54) is 0 Å². The molecule has 0 aliphatic carbocycles. The van der Waals surface area contributed by atoms with Gasteiger partial charge < -0.3 is 0 Å². The fourth-order valence-corrected chi connectivity index (χ4v) is 2.46. The molecule has 1 unspecified atom stereocenters. The molecule has 1 aromatic rings. The lowest BCUT2D eigenvalue weighted by atomic mass is 9.97. The van der Waals surface area contributed by atoms with Crippen molar-refractivity contribution in [2.45, 2.75) is 25.6 Å². The maximum Gasteiger partial charge on any atom is 0.393 e. The molecule has 100 valence electrons. The van der Waals surface area contributed by atoms with Crippen LogP contribution in [0.15, 0.2) is 18.3 Å². The number of nitrogens with zero attached hydrogens (tertiary/aromatic N) is 2. The fourth-order valence-electron chi connectivity index (χ4n) is 2.27. The Morgan fingerprint density at radius 1 is 1.44 bits per heavy atom. The van der Waals surface area contributed by atoms with Crippen molar-refractivity contribution in [3.8, 4) is 0 Å². The predicted octanol–water partition coefficient (Wildman–Crippen LogP) is 3.51. The van der Waals surface area contributed by atoms with Gasteiger partial charge in [0.25, 0.3) is 0 Å². The molecule has 1 aliphatic rings. The number of piperidine rings is 1. The van der Waals surface area contributed by atoms with Crippen LogP contribution in [-0.4, -0.2) is 29.1 Å². The fraction of sp³-hybridized carbons (Fsp3) is 0.583. The van der Waals surface area contributed by atoms with Crippen molar-refractivity contribution in [3.05, 3.63) is 29.0 Å². The molecular formula is C12H14ClF3N2. The molecule has 0 aromatic carbocycles. The molecule has 2 heterocycles. The second-order valence-corrected chi connectivity index (χ2v) is 4.99. The number of hydrogen-bond donors (Lipinski definition) is 0. The normalized spacial score (nSPS) is 22.1. The van der Waals surface area contributed by atoms with E-state index in [2.05, 4.69) is 4.98 Å². The summed E-state index contributed by atoms with van der Waals surface area (Å²) in [7, 11) is 0. The van der Waals surface area contributed by atoms with Crippen LogP contribution in [0.5, 0.6) is 0 Å². The molecule has 0 amide bonds. The van der Waals surface area contributed by atoms with Crippen LogP contribution in [0.2, 0.25) is 5.15 Å². The van der Waals surface area contributed by atoms with Crippen LogP contribution in [0.4, 0.5) is 13.2 Å². The highest BCUT2D eigenvalue weighted by molar-refractivity contribution is 6.29. The molecule has 0 bridgehead atoms. The quantitative estimate of drug-likeness (QED) is 0.770. The van der Waals surface area contributed by atoms with Crippen molar-refractivity contribution < 1.29 is 13.2 Å². The first kappa shape index (κ1) is 13.6. The van der Waals surface area contributed by atoms with Crippen LogP contribution in [0, 0.1) is 5.92 Å². The van der Waals surface area contributed by atoms with Crippen LogP contribution < -0.4 is 0 Å². The molecule has 1 fully saturated rings. The average Bonchev–Trinajstić information content (AvgIpc) is 2.28. The monoisotopic (exact) mass is 278 g/mol. The van der Waals surface area contributed by atoms with Crippen LogP contribution in [0.3, 0.4) is 0 Å². The van der Waals surface area contributed by atoms with Crippen LogP contribution in [0.25, 0.3) is 0 Å². The Balaban J connectivity index is 1.98. The summed E-state index contributed by atoms with van der Waals surface area (Å²) in [5.74, 6) is -1.21. The number of pyridine rings is 1. The van der Waals surface area contributed by atoms with Crippen molar-refractivity contribution in [2.75, 3.05) is 13.1 Å². The molecule has 6 heteroatoms. The smallest absolute Gasteiger partial charge is 0.298 e. The van der Waals surface area contributed by atoms with Gasteiger partial charge in [0, 0.05) is 19.3 Å². The van der Waals surface area contributed by atoms with E-state index < -0.39 is 12.1 Å². The minimum atomic E-state index is -4.09. The number of halogens is 4. The summed E-state index contributed by atoms with van der Waals surface area (Å²) in [5.41, 5.74) is 0.901. The van der Waals surface area contributed by atoms with Crippen LogP contribution in [-0.2, 0) is 6.54 Å². The molecule has 2 nitrogen and oxygen atoms in total. The van der Waals surface area contributed by atoms with E-state index in [4.69, 9.17) is 11.6 Å². The second kappa shape index (κ2) is 5.45. The Morgan fingerprint density at radius 3 is 2.89 bits per heavy atom. The summed E-state index contributed by atoms with van der Waals surface area (Å²) in [6.07, 6.45) is -1.70. The first-order valence-electron chi connectivity index (χ1n) is 5.84. The molecule has 0 radical (unpaired) electrons. The van der Waals surface area contributed by atoms with Crippen molar-refractivity contribution in [2.24, 2.45) is 5.92 Å². The van der Waals surface area contributed by atoms with Crippen molar-refractivity contribution in [1.29, 1.82) is 0 Å². The number of hydrogen-bond acceptors (Lipinski definition) is 2. The van der Waals surface area contributed by atoms with E-state index in [1.807, 2.05) is 4.90 Å². The van der Waals surface area contributed by atoms with Crippen molar-refractivity contribution >= 4 is 11.6 Å². The van der Waals surface area contributed by atoms with Gasteiger partial charge in [-0.05, 0) is 37.1 Å². The lowest BCUT2D eigenvalue weighted by Crippen LogP contribution is -2.41.